The van der Waals surface area contributed by atoms with Crippen molar-refractivity contribution in [2.24, 2.45) is 13.0 Å². The lowest BCUT2D eigenvalue weighted by Gasteiger charge is -2.23. The van der Waals surface area contributed by atoms with Crippen LogP contribution in [0.1, 0.15) is 18.4 Å². The summed E-state index contributed by atoms with van der Waals surface area (Å²) in [6.07, 6.45) is 5.78. The zero-order chi connectivity index (χ0) is 13.2. The lowest BCUT2D eigenvalue weighted by Crippen LogP contribution is -2.28. The van der Waals surface area contributed by atoms with E-state index in [0.717, 1.165) is 31.2 Å². The maximum atomic E-state index is 5.58. The number of fused-ring (bicyclic) bond motifs is 1. The normalized spacial score (nSPS) is 16.9. The molecule has 0 amide bonds. The van der Waals surface area contributed by atoms with Crippen LogP contribution in [0.4, 0.5) is 0 Å². The Hall–Kier alpha value is -1.48. The van der Waals surface area contributed by atoms with E-state index in [-0.39, 0.29) is 0 Å². The highest BCUT2D eigenvalue weighted by Crippen LogP contribution is 2.30. The van der Waals surface area contributed by atoms with Gasteiger partial charge >= 0.3 is 0 Å². The Balaban J connectivity index is 1.93. The number of aromatic nitrogens is 1. The fourth-order valence-electron chi connectivity index (χ4n) is 3.09. The topological polar surface area (TPSA) is 26.2 Å². The first-order chi connectivity index (χ1) is 9.28. The molecule has 0 spiro atoms. The van der Waals surface area contributed by atoms with Crippen molar-refractivity contribution in [3.05, 3.63) is 30.0 Å². The van der Waals surface area contributed by atoms with Crippen molar-refractivity contribution in [2.75, 3.05) is 20.2 Å². The van der Waals surface area contributed by atoms with Gasteiger partial charge in [-0.25, -0.2) is 0 Å². The third-order valence-corrected chi connectivity index (χ3v) is 4.25. The molecule has 0 aliphatic carbocycles. The van der Waals surface area contributed by atoms with E-state index >= 15 is 0 Å². The molecule has 1 fully saturated rings. The maximum absolute atomic E-state index is 5.58. The molecule has 0 radical (unpaired) electrons. The molecule has 1 aromatic heterocycles. The highest BCUT2D eigenvalue weighted by atomic mass is 16.5. The molecule has 3 rings (SSSR count). The fourth-order valence-corrected chi connectivity index (χ4v) is 3.09. The molecule has 1 aromatic carbocycles. The Morgan fingerprint density at radius 3 is 2.84 bits per heavy atom. The van der Waals surface area contributed by atoms with Crippen LogP contribution in [0.15, 0.2) is 24.4 Å². The molecule has 2 aromatic rings. The van der Waals surface area contributed by atoms with Gasteiger partial charge in [0.1, 0.15) is 5.75 Å². The van der Waals surface area contributed by atoms with Crippen LogP contribution in [0.2, 0.25) is 0 Å². The van der Waals surface area contributed by atoms with Crippen molar-refractivity contribution in [1.29, 1.82) is 0 Å². The third kappa shape index (κ3) is 2.47. The number of aryl methyl sites for hydroxylation is 1. The first-order valence-electron chi connectivity index (χ1n) is 7.10. The SMILES string of the molecule is COc1cc2ccn(C)c2cc1CC1CCNCC1. The standard InChI is InChI=1S/C16H22N2O/c1-18-8-5-13-11-16(19-2)14(10-15(13)18)9-12-3-6-17-7-4-12/h5,8,10-12,17H,3-4,6-7,9H2,1-2H3. The summed E-state index contributed by atoms with van der Waals surface area (Å²) >= 11 is 0. The summed E-state index contributed by atoms with van der Waals surface area (Å²) in [4.78, 5) is 0. The zero-order valence-corrected chi connectivity index (χ0v) is 11.8. The van der Waals surface area contributed by atoms with E-state index in [4.69, 9.17) is 4.74 Å². The van der Waals surface area contributed by atoms with Crippen molar-refractivity contribution in [3.8, 4) is 5.75 Å². The molecule has 19 heavy (non-hydrogen) atoms. The number of ether oxygens (including phenoxy) is 1. The molecule has 0 saturated carbocycles. The van der Waals surface area contributed by atoms with Crippen molar-refractivity contribution >= 4 is 10.9 Å². The molecule has 3 nitrogen and oxygen atoms in total. The summed E-state index contributed by atoms with van der Waals surface area (Å²) in [5, 5.41) is 4.69. The first kappa shape index (κ1) is 12.5. The average Bonchev–Trinajstić information content (AvgIpc) is 2.80. The lowest BCUT2D eigenvalue weighted by atomic mass is 9.90. The van der Waals surface area contributed by atoms with Gasteiger partial charge in [0.25, 0.3) is 0 Å². The van der Waals surface area contributed by atoms with Crippen LogP contribution < -0.4 is 10.1 Å². The van der Waals surface area contributed by atoms with Gasteiger partial charge in [-0.1, -0.05) is 0 Å². The summed E-state index contributed by atoms with van der Waals surface area (Å²) in [7, 11) is 3.87. The predicted molar refractivity (Wildman–Crippen MR) is 78.8 cm³/mol. The largest absolute Gasteiger partial charge is 0.496 e. The van der Waals surface area contributed by atoms with E-state index in [1.54, 1.807) is 7.11 Å². The maximum Gasteiger partial charge on any atom is 0.122 e. The number of piperidine rings is 1. The van der Waals surface area contributed by atoms with Crippen molar-refractivity contribution < 1.29 is 4.74 Å². The van der Waals surface area contributed by atoms with Gasteiger partial charge < -0.3 is 14.6 Å². The van der Waals surface area contributed by atoms with Crippen LogP contribution in [-0.4, -0.2) is 24.8 Å². The molecule has 3 heteroatoms. The van der Waals surface area contributed by atoms with E-state index in [2.05, 4.69) is 41.3 Å². The Morgan fingerprint density at radius 1 is 1.32 bits per heavy atom. The summed E-state index contributed by atoms with van der Waals surface area (Å²) < 4.78 is 7.76. The smallest absolute Gasteiger partial charge is 0.122 e. The highest BCUT2D eigenvalue weighted by molar-refractivity contribution is 5.82. The van der Waals surface area contributed by atoms with Gasteiger partial charge in [-0.15, -0.1) is 0 Å². The third-order valence-electron chi connectivity index (χ3n) is 4.25. The Kier molecular flexibility index (Phi) is 3.47. The minimum absolute atomic E-state index is 0.785. The number of rotatable bonds is 3. The van der Waals surface area contributed by atoms with Gasteiger partial charge in [0, 0.05) is 24.1 Å². The number of methoxy groups -OCH3 is 1. The van der Waals surface area contributed by atoms with Crippen molar-refractivity contribution in [3.63, 3.8) is 0 Å². The van der Waals surface area contributed by atoms with Crippen LogP contribution in [0.5, 0.6) is 5.75 Å². The van der Waals surface area contributed by atoms with Gasteiger partial charge in [0.15, 0.2) is 0 Å². The van der Waals surface area contributed by atoms with Crippen LogP contribution in [0.3, 0.4) is 0 Å². The van der Waals surface area contributed by atoms with Crippen LogP contribution in [-0.2, 0) is 13.5 Å². The summed E-state index contributed by atoms with van der Waals surface area (Å²) in [5.74, 6) is 1.82. The Bertz CT molecular complexity index is 567. The first-order valence-corrected chi connectivity index (χ1v) is 7.10. The number of nitrogens with one attached hydrogen (secondary N) is 1. The molecular formula is C16H22N2O. The Labute approximate surface area is 114 Å². The monoisotopic (exact) mass is 258 g/mol. The Morgan fingerprint density at radius 2 is 2.11 bits per heavy atom. The van der Waals surface area contributed by atoms with Gasteiger partial charge in [0.2, 0.25) is 0 Å². The summed E-state index contributed by atoms with van der Waals surface area (Å²) in [6.45, 7) is 2.30. The van der Waals surface area contributed by atoms with Gasteiger partial charge in [-0.05, 0) is 62.0 Å². The van der Waals surface area contributed by atoms with E-state index in [9.17, 15) is 0 Å². The molecule has 0 unspecified atom stereocenters. The molecule has 0 atom stereocenters. The molecule has 0 bridgehead atoms. The van der Waals surface area contributed by atoms with Crippen LogP contribution in [0.25, 0.3) is 10.9 Å². The van der Waals surface area contributed by atoms with Gasteiger partial charge in [0.05, 0.1) is 7.11 Å². The molecule has 102 valence electrons. The predicted octanol–water partition coefficient (Wildman–Crippen LogP) is 2.73. The van der Waals surface area contributed by atoms with E-state index < -0.39 is 0 Å². The van der Waals surface area contributed by atoms with E-state index in [1.165, 1.54) is 29.3 Å². The fraction of sp³-hybridized carbons (Fsp3) is 0.500. The second kappa shape index (κ2) is 5.25. The average molecular weight is 258 g/mol. The van der Waals surface area contributed by atoms with Crippen molar-refractivity contribution in [1.82, 2.24) is 9.88 Å². The molecule has 1 aliphatic heterocycles. The highest BCUT2D eigenvalue weighted by Gasteiger charge is 2.16. The quantitative estimate of drug-likeness (QED) is 0.916. The molecule has 1 saturated heterocycles. The lowest BCUT2D eigenvalue weighted by molar-refractivity contribution is 0.361. The number of benzene rings is 1. The number of nitrogens with zero attached hydrogens (tertiary/aromatic N) is 1. The minimum Gasteiger partial charge on any atom is -0.496 e. The molecular weight excluding hydrogens is 236 g/mol. The van der Waals surface area contributed by atoms with Crippen LogP contribution in [0, 0.1) is 5.92 Å². The van der Waals surface area contributed by atoms with E-state index in [0.29, 0.717) is 0 Å². The van der Waals surface area contributed by atoms with Gasteiger partial charge in [-0.2, -0.15) is 0 Å². The second-order valence-electron chi connectivity index (χ2n) is 5.55. The summed E-state index contributed by atoms with van der Waals surface area (Å²) in [6, 6.07) is 6.62. The summed E-state index contributed by atoms with van der Waals surface area (Å²) in [5.41, 5.74) is 2.65. The van der Waals surface area contributed by atoms with Gasteiger partial charge in [-0.3, -0.25) is 0 Å². The molecule has 2 heterocycles. The number of hydrogen-bond donors (Lipinski definition) is 1. The van der Waals surface area contributed by atoms with Crippen molar-refractivity contribution in [2.45, 2.75) is 19.3 Å². The minimum atomic E-state index is 0.785. The molecule has 1 N–H and O–H groups in total. The molecule has 1 aliphatic rings. The zero-order valence-electron chi connectivity index (χ0n) is 11.8. The van der Waals surface area contributed by atoms with E-state index in [1.807, 2.05) is 0 Å². The number of hydrogen-bond acceptors (Lipinski definition) is 2. The van der Waals surface area contributed by atoms with Crippen LogP contribution >= 0.6 is 0 Å². The second-order valence-corrected chi connectivity index (χ2v) is 5.55.